The van der Waals surface area contributed by atoms with Crippen molar-refractivity contribution in [1.29, 1.82) is 0 Å². The molecule has 4 heteroatoms. The average molecular weight is 197 g/mol. The van der Waals surface area contributed by atoms with E-state index in [9.17, 15) is 9.18 Å². The Morgan fingerprint density at radius 2 is 2.36 bits per heavy atom. The summed E-state index contributed by atoms with van der Waals surface area (Å²) in [5, 5.41) is 0. The summed E-state index contributed by atoms with van der Waals surface area (Å²) in [7, 11) is 0. The Morgan fingerprint density at radius 1 is 1.64 bits per heavy atom. The monoisotopic (exact) mass is 197 g/mol. The van der Waals surface area contributed by atoms with E-state index in [0.29, 0.717) is 17.9 Å². The first-order chi connectivity index (χ1) is 6.65. The van der Waals surface area contributed by atoms with Gasteiger partial charge in [0, 0.05) is 17.5 Å². The summed E-state index contributed by atoms with van der Waals surface area (Å²) in [5.41, 5.74) is 0.837. The van der Waals surface area contributed by atoms with Gasteiger partial charge in [-0.2, -0.15) is 0 Å². The fraction of sp³-hybridized carbons (Fsp3) is 0.400. The molecule has 0 aliphatic heterocycles. The number of aromatic nitrogens is 1. The molecule has 14 heavy (non-hydrogen) atoms. The van der Waals surface area contributed by atoms with Crippen LogP contribution in [0.4, 0.5) is 4.39 Å². The van der Waals surface area contributed by atoms with Gasteiger partial charge in [-0.15, -0.1) is 0 Å². The van der Waals surface area contributed by atoms with Gasteiger partial charge in [-0.05, 0) is 19.9 Å². The van der Waals surface area contributed by atoms with E-state index in [0.717, 1.165) is 0 Å². The summed E-state index contributed by atoms with van der Waals surface area (Å²) in [6.07, 6.45) is 1.32. The second-order valence-corrected chi connectivity index (χ2v) is 2.84. The largest absolute Gasteiger partial charge is 0.466 e. The number of esters is 1. The number of carbonyl (C=O) groups is 1. The predicted molar refractivity (Wildman–Crippen MR) is 49.3 cm³/mol. The van der Waals surface area contributed by atoms with Crippen LogP contribution < -0.4 is 0 Å². The zero-order valence-corrected chi connectivity index (χ0v) is 8.21. The first-order valence-electron chi connectivity index (χ1n) is 4.40. The SMILES string of the molecule is CCOC(=O)Cc1c(F)ccnc1C. The van der Waals surface area contributed by atoms with E-state index in [4.69, 9.17) is 4.74 Å². The smallest absolute Gasteiger partial charge is 0.310 e. The Hall–Kier alpha value is -1.45. The molecule has 0 bridgehead atoms. The third kappa shape index (κ3) is 2.52. The molecule has 0 fully saturated rings. The van der Waals surface area contributed by atoms with E-state index in [-0.39, 0.29) is 6.42 Å². The molecule has 0 aromatic carbocycles. The van der Waals surface area contributed by atoms with Crippen LogP contribution in [0.25, 0.3) is 0 Å². The van der Waals surface area contributed by atoms with Crippen molar-refractivity contribution in [3.05, 3.63) is 29.3 Å². The molecule has 0 amide bonds. The number of hydrogen-bond donors (Lipinski definition) is 0. The fourth-order valence-corrected chi connectivity index (χ4v) is 1.13. The number of rotatable bonds is 3. The molecule has 0 radical (unpaired) electrons. The van der Waals surface area contributed by atoms with Crippen molar-refractivity contribution >= 4 is 5.97 Å². The normalized spacial score (nSPS) is 9.93. The van der Waals surface area contributed by atoms with Crippen LogP contribution in [0.1, 0.15) is 18.2 Å². The van der Waals surface area contributed by atoms with Crippen molar-refractivity contribution in [3.8, 4) is 0 Å². The maximum Gasteiger partial charge on any atom is 0.310 e. The Labute approximate surface area is 81.9 Å². The molecule has 76 valence electrons. The predicted octanol–water partition coefficient (Wildman–Crippen LogP) is 1.63. The van der Waals surface area contributed by atoms with Crippen molar-refractivity contribution in [3.63, 3.8) is 0 Å². The highest BCUT2D eigenvalue weighted by atomic mass is 19.1. The van der Waals surface area contributed by atoms with Crippen LogP contribution in [0.2, 0.25) is 0 Å². The Bertz CT molecular complexity index is 319. The van der Waals surface area contributed by atoms with Gasteiger partial charge in [0.2, 0.25) is 0 Å². The molecule has 0 aliphatic carbocycles. The molecule has 0 atom stereocenters. The van der Waals surface area contributed by atoms with Crippen LogP contribution in [-0.2, 0) is 16.0 Å². The second kappa shape index (κ2) is 4.69. The molecule has 0 spiro atoms. The zero-order valence-electron chi connectivity index (χ0n) is 8.21. The number of hydrogen-bond acceptors (Lipinski definition) is 3. The molecule has 0 aliphatic rings. The van der Waals surface area contributed by atoms with Crippen LogP contribution in [0.3, 0.4) is 0 Å². The lowest BCUT2D eigenvalue weighted by molar-refractivity contribution is -0.142. The molecular formula is C10H12FNO2. The average Bonchev–Trinajstić information content (AvgIpc) is 2.12. The molecule has 0 saturated carbocycles. The standard InChI is InChI=1S/C10H12FNO2/c1-3-14-10(13)6-8-7(2)12-5-4-9(8)11/h4-5H,3,6H2,1-2H3. The Balaban J connectivity index is 2.80. The lowest BCUT2D eigenvalue weighted by atomic mass is 10.1. The van der Waals surface area contributed by atoms with E-state index in [1.54, 1.807) is 13.8 Å². The maximum absolute atomic E-state index is 13.2. The number of halogens is 1. The van der Waals surface area contributed by atoms with Gasteiger partial charge >= 0.3 is 5.97 Å². The molecule has 1 heterocycles. The number of ether oxygens (including phenoxy) is 1. The lowest BCUT2D eigenvalue weighted by Crippen LogP contribution is -2.10. The fourth-order valence-electron chi connectivity index (χ4n) is 1.13. The molecule has 3 nitrogen and oxygen atoms in total. The van der Waals surface area contributed by atoms with Crippen LogP contribution in [0.5, 0.6) is 0 Å². The molecule has 1 aromatic heterocycles. The van der Waals surface area contributed by atoms with Crippen LogP contribution in [0.15, 0.2) is 12.3 Å². The highest BCUT2D eigenvalue weighted by Gasteiger charge is 2.11. The third-order valence-electron chi connectivity index (χ3n) is 1.84. The van der Waals surface area contributed by atoms with Crippen molar-refractivity contribution in [2.75, 3.05) is 6.61 Å². The van der Waals surface area contributed by atoms with Crippen LogP contribution in [0, 0.1) is 12.7 Å². The van der Waals surface area contributed by atoms with Crippen molar-refractivity contribution in [1.82, 2.24) is 4.98 Å². The van der Waals surface area contributed by atoms with Gasteiger partial charge in [0.15, 0.2) is 0 Å². The first-order valence-corrected chi connectivity index (χ1v) is 4.40. The summed E-state index contributed by atoms with van der Waals surface area (Å²) in [5.74, 6) is -0.840. The molecule has 1 aromatic rings. The molecular weight excluding hydrogens is 185 g/mol. The molecule has 0 N–H and O–H groups in total. The lowest BCUT2D eigenvalue weighted by Gasteiger charge is -2.05. The minimum absolute atomic E-state index is 0.0562. The molecule has 1 rings (SSSR count). The summed E-state index contributed by atoms with van der Waals surface area (Å²) < 4.78 is 17.9. The minimum Gasteiger partial charge on any atom is -0.466 e. The van der Waals surface area contributed by atoms with Crippen LogP contribution >= 0.6 is 0 Å². The number of carbonyl (C=O) groups excluding carboxylic acids is 1. The van der Waals surface area contributed by atoms with Gasteiger partial charge in [0.25, 0.3) is 0 Å². The Morgan fingerprint density at radius 3 is 2.93 bits per heavy atom. The van der Waals surface area contributed by atoms with E-state index in [2.05, 4.69) is 4.98 Å². The van der Waals surface area contributed by atoms with E-state index in [1.165, 1.54) is 12.3 Å². The minimum atomic E-state index is -0.428. The summed E-state index contributed by atoms with van der Waals surface area (Å²) in [6, 6.07) is 1.24. The van der Waals surface area contributed by atoms with Gasteiger partial charge in [-0.3, -0.25) is 9.78 Å². The first kappa shape index (κ1) is 10.6. The van der Waals surface area contributed by atoms with E-state index in [1.807, 2.05) is 0 Å². The topological polar surface area (TPSA) is 39.2 Å². The zero-order chi connectivity index (χ0) is 10.6. The van der Waals surface area contributed by atoms with Gasteiger partial charge in [-0.1, -0.05) is 0 Å². The van der Waals surface area contributed by atoms with Gasteiger partial charge in [0.05, 0.1) is 13.0 Å². The van der Waals surface area contributed by atoms with Gasteiger partial charge < -0.3 is 4.74 Å². The number of nitrogens with zero attached hydrogens (tertiary/aromatic N) is 1. The third-order valence-corrected chi connectivity index (χ3v) is 1.84. The van der Waals surface area contributed by atoms with Gasteiger partial charge in [0.1, 0.15) is 5.82 Å². The number of aryl methyl sites for hydroxylation is 1. The maximum atomic E-state index is 13.2. The van der Waals surface area contributed by atoms with Crippen molar-refractivity contribution in [2.45, 2.75) is 20.3 Å². The molecule has 0 unspecified atom stereocenters. The second-order valence-electron chi connectivity index (χ2n) is 2.84. The van der Waals surface area contributed by atoms with Gasteiger partial charge in [-0.25, -0.2) is 4.39 Å². The summed E-state index contributed by atoms with van der Waals surface area (Å²) in [4.78, 5) is 15.0. The highest BCUT2D eigenvalue weighted by Crippen LogP contribution is 2.11. The van der Waals surface area contributed by atoms with E-state index < -0.39 is 11.8 Å². The Kier molecular flexibility index (Phi) is 3.56. The van der Waals surface area contributed by atoms with Crippen molar-refractivity contribution in [2.24, 2.45) is 0 Å². The summed E-state index contributed by atoms with van der Waals surface area (Å²) >= 11 is 0. The quantitative estimate of drug-likeness (QED) is 0.691. The highest BCUT2D eigenvalue weighted by molar-refractivity contribution is 5.72. The summed E-state index contributed by atoms with van der Waals surface area (Å²) in [6.45, 7) is 3.68. The number of pyridine rings is 1. The van der Waals surface area contributed by atoms with E-state index >= 15 is 0 Å². The van der Waals surface area contributed by atoms with Crippen LogP contribution in [-0.4, -0.2) is 17.6 Å². The molecule has 0 saturated heterocycles. The van der Waals surface area contributed by atoms with Crippen molar-refractivity contribution < 1.29 is 13.9 Å².